The fourth-order valence-corrected chi connectivity index (χ4v) is 2.26. The van der Waals surface area contributed by atoms with Crippen LogP contribution in [0.3, 0.4) is 0 Å². The minimum atomic E-state index is -0.266. The van der Waals surface area contributed by atoms with E-state index in [1.165, 1.54) is 0 Å². The standard InChI is InChI=1S/C15H16BrN3O2/c1-3-17-11-4-5-14(18-9-11)15(20)19-12-6-10(16)7-13(8-12)21-2/h4-9,17H,3H2,1-2H3,(H,19,20). The Morgan fingerprint density at radius 1 is 1.29 bits per heavy atom. The van der Waals surface area contributed by atoms with Crippen LogP contribution in [0.4, 0.5) is 11.4 Å². The van der Waals surface area contributed by atoms with Gasteiger partial charge in [-0.1, -0.05) is 15.9 Å². The number of pyridine rings is 1. The second-order valence-corrected chi connectivity index (χ2v) is 5.21. The first-order chi connectivity index (χ1) is 10.1. The smallest absolute Gasteiger partial charge is 0.274 e. The summed E-state index contributed by atoms with van der Waals surface area (Å²) in [5.41, 5.74) is 1.89. The number of hydrogen-bond donors (Lipinski definition) is 2. The fourth-order valence-electron chi connectivity index (χ4n) is 1.78. The lowest BCUT2D eigenvalue weighted by molar-refractivity contribution is 0.102. The van der Waals surface area contributed by atoms with Gasteiger partial charge in [0.05, 0.1) is 19.0 Å². The van der Waals surface area contributed by atoms with Crippen LogP contribution in [-0.4, -0.2) is 24.5 Å². The maximum Gasteiger partial charge on any atom is 0.274 e. The van der Waals surface area contributed by atoms with Gasteiger partial charge in [-0.2, -0.15) is 0 Å². The van der Waals surface area contributed by atoms with E-state index in [2.05, 4.69) is 31.5 Å². The van der Waals surface area contributed by atoms with Crippen molar-refractivity contribution in [3.8, 4) is 5.75 Å². The molecule has 2 aromatic rings. The van der Waals surface area contributed by atoms with E-state index in [-0.39, 0.29) is 5.91 Å². The molecule has 0 unspecified atom stereocenters. The molecule has 110 valence electrons. The van der Waals surface area contributed by atoms with E-state index in [0.717, 1.165) is 16.7 Å². The summed E-state index contributed by atoms with van der Waals surface area (Å²) in [4.78, 5) is 16.3. The Kier molecular flexibility index (Phi) is 5.16. The first-order valence-electron chi connectivity index (χ1n) is 6.48. The Balaban J connectivity index is 2.12. The highest BCUT2D eigenvalue weighted by atomic mass is 79.9. The van der Waals surface area contributed by atoms with Gasteiger partial charge in [0.15, 0.2) is 0 Å². The van der Waals surface area contributed by atoms with Crippen LogP contribution < -0.4 is 15.4 Å². The van der Waals surface area contributed by atoms with Crippen molar-refractivity contribution in [1.29, 1.82) is 0 Å². The van der Waals surface area contributed by atoms with Gasteiger partial charge in [-0.15, -0.1) is 0 Å². The summed E-state index contributed by atoms with van der Waals surface area (Å²) in [7, 11) is 1.58. The highest BCUT2D eigenvalue weighted by Crippen LogP contribution is 2.24. The molecule has 0 fully saturated rings. The number of carbonyl (C=O) groups is 1. The second kappa shape index (κ2) is 7.08. The molecule has 21 heavy (non-hydrogen) atoms. The molecule has 1 aromatic heterocycles. The highest BCUT2D eigenvalue weighted by molar-refractivity contribution is 9.10. The zero-order chi connectivity index (χ0) is 15.2. The lowest BCUT2D eigenvalue weighted by atomic mass is 10.2. The van der Waals surface area contributed by atoms with Gasteiger partial charge in [0.1, 0.15) is 11.4 Å². The Hall–Kier alpha value is -2.08. The van der Waals surface area contributed by atoms with Crippen molar-refractivity contribution in [2.24, 2.45) is 0 Å². The predicted molar refractivity (Wildman–Crippen MR) is 87.0 cm³/mol. The van der Waals surface area contributed by atoms with Crippen molar-refractivity contribution in [2.75, 3.05) is 24.3 Å². The maximum absolute atomic E-state index is 12.1. The van der Waals surface area contributed by atoms with Crippen LogP contribution in [0.1, 0.15) is 17.4 Å². The minimum absolute atomic E-state index is 0.266. The average Bonchev–Trinajstić information content (AvgIpc) is 2.47. The molecule has 0 saturated heterocycles. The molecule has 0 atom stereocenters. The number of benzene rings is 1. The van der Waals surface area contributed by atoms with E-state index in [9.17, 15) is 4.79 Å². The number of anilines is 2. The number of nitrogens with one attached hydrogen (secondary N) is 2. The van der Waals surface area contributed by atoms with Crippen molar-refractivity contribution in [2.45, 2.75) is 6.92 Å². The molecule has 0 aliphatic carbocycles. The van der Waals surface area contributed by atoms with Crippen LogP contribution in [0.15, 0.2) is 41.0 Å². The molecule has 2 rings (SSSR count). The predicted octanol–water partition coefficient (Wildman–Crippen LogP) is 3.54. The topological polar surface area (TPSA) is 63.2 Å². The van der Waals surface area contributed by atoms with Gasteiger partial charge in [-0.25, -0.2) is 4.98 Å². The Morgan fingerprint density at radius 3 is 2.71 bits per heavy atom. The zero-order valence-corrected chi connectivity index (χ0v) is 13.4. The van der Waals surface area contributed by atoms with Crippen molar-refractivity contribution in [1.82, 2.24) is 4.98 Å². The van der Waals surface area contributed by atoms with Gasteiger partial charge in [0.2, 0.25) is 0 Å². The number of hydrogen-bond acceptors (Lipinski definition) is 4. The fraction of sp³-hybridized carbons (Fsp3) is 0.200. The molecule has 6 heteroatoms. The number of rotatable bonds is 5. The number of aromatic nitrogens is 1. The zero-order valence-electron chi connectivity index (χ0n) is 11.8. The molecule has 5 nitrogen and oxygen atoms in total. The third kappa shape index (κ3) is 4.19. The molecule has 1 heterocycles. The van der Waals surface area contributed by atoms with E-state index in [0.29, 0.717) is 17.1 Å². The monoisotopic (exact) mass is 349 g/mol. The maximum atomic E-state index is 12.1. The summed E-state index contributed by atoms with van der Waals surface area (Å²) in [6, 6.07) is 8.87. The van der Waals surface area contributed by atoms with E-state index in [1.54, 1.807) is 31.5 Å². The molecule has 0 radical (unpaired) electrons. The van der Waals surface area contributed by atoms with Gasteiger partial charge in [0.25, 0.3) is 5.91 Å². The molecule has 1 aromatic carbocycles. The van der Waals surface area contributed by atoms with Gasteiger partial charge < -0.3 is 15.4 Å². The molecule has 0 saturated carbocycles. The summed E-state index contributed by atoms with van der Waals surface area (Å²) < 4.78 is 5.99. The molecule has 1 amide bonds. The first kappa shape index (κ1) is 15.3. The largest absolute Gasteiger partial charge is 0.497 e. The lowest BCUT2D eigenvalue weighted by Crippen LogP contribution is -2.13. The molecular formula is C15H16BrN3O2. The van der Waals surface area contributed by atoms with E-state index < -0.39 is 0 Å². The third-order valence-corrected chi connectivity index (χ3v) is 3.20. The number of nitrogens with zero attached hydrogens (tertiary/aromatic N) is 1. The summed E-state index contributed by atoms with van der Waals surface area (Å²) in [5, 5.41) is 5.92. The number of halogens is 1. The summed E-state index contributed by atoms with van der Waals surface area (Å²) in [6.45, 7) is 2.81. The van der Waals surface area contributed by atoms with E-state index in [4.69, 9.17) is 4.74 Å². The highest BCUT2D eigenvalue weighted by Gasteiger charge is 2.09. The van der Waals surface area contributed by atoms with Crippen molar-refractivity contribution in [3.05, 3.63) is 46.7 Å². The van der Waals surface area contributed by atoms with Crippen molar-refractivity contribution < 1.29 is 9.53 Å². The van der Waals surface area contributed by atoms with Crippen molar-refractivity contribution in [3.63, 3.8) is 0 Å². The van der Waals surface area contributed by atoms with Gasteiger partial charge in [0, 0.05) is 22.8 Å². The quantitative estimate of drug-likeness (QED) is 0.866. The molecule has 2 N–H and O–H groups in total. The Labute approximate surface area is 131 Å². The van der Waals surface area contributed by atoms with Crippen LogP contribution in [-0.2, 0) is 0 Å². The number of ether oxygens (including phenoxy) is 1. The van der Waals surface area contributed by atoms with Gasteiger partial charge in [-0.3, -0.25) is 4.79 Å². The van der Waals surface area contributed by atoms with Gasteiger partial charge in [-0.05, 0) is 31.2 Å². The molecular weight excluding hydrogens is 334 g/mol. The van der Waals surface area contributed by atoms with Crippen LogP contribution in [0.5, 0.6) is 5.75 Å². The van der Waals surface area contributed by atoms with Crippen molar-refractivity contribution >= 4 is 33.2 Å². The number of carbonyl (C=O) groups excluding carboxylic acids is 1. The number of amides is 1. The second-order valence-electron chi connectivity index (χ2n) is 4.30. The van der Waals surface area contributed by atoms with E-state index >= 15 is 0 Å². The lowest BCUT2D eigenvalue weighted by Gasteiger charge is -2.08. The SMILES string of the molecule is CCNc1ccc(C(=O)Nc2cc(Br)cc(OC)c2)nc1. The Bertz CT molecular complexity index is 629. The summed E-state index contributed by atoms with van der Waals surface area (Å²) in [5.74, 6) is 0.397. The van der Waals surface area contributed by atoms with Crippen LogP contribution in [0.25, 0.3) is 0 Å². The summed E-state index contributed by atoms with van der Waals surface area (Å²) >= 11 is 3.37. The van der Waals surface area contributed by atoms with E-state index in [1.807, 2.05) is 19.1 Å². The number of methoxy groups -OCH3 is 1. The molecule has 0 aliphatic rings. The van der Waals surface area contributed by atoms with Crippen LogP contribution >= 0.6 is 15.9 Å². The first-order valence-corrected chi connectivity index (χ1v) is 7.27. The normalized spacial score (nSPS) is 10.0. The molecule has 0 aliphatic heterocycles. The van der Waals surface area contributed by atoms with Crippen LogP contribution in [0.2, 0.25) is 0 Å². The molecule has 0 spiro atoms. The Morgan fingerprint density at radius 2 is 2.10 bits per heavy atom. The third-order valence-electron chi connectivity index (χ3n) is 2.74. The molecule has 0 bridgehead atoms. The summed E-state index contributed by atoms with van der Waals surface area (Å²) in [6.07, 6.45) is 1.64. The minimum Gasteiger partial charge on any atom is -0.497 e. The average molecular weight is 350 g/mol. The van der Waals surface area contributed by atoms with Gasteiger partial charge >= 0.3 is 0 Å². The van der Waals surface area contributed by atoms with Crippen LogP contribution in [0, 0.1) is 0 Å².